The minimum atomic E-state index is -0.769. The molecule has 20 heteroatoms. The van der Waals surface area contributed by atoms with Crippen molar-refractivity contribution in [2.24, 2.45) is 0 Å². The summed E-state index contributed by atoms with van der Waals surface area (Å²) in [5, 5.41) is 9.60. The first kappa shape index (κ1) is 54.7. The van der Waals surface area contributed by atoms with E-state index in [1.807, 2.05) is 121 Å². The number of carbonyl (C=O) groups is 4. The minimum Gasteiger partial charge on any atom is -0.497 e. The number of nitrogens with one attached hydrogen (secondary N) is 2. The molecule has 8 bridgehead atoms. The zero-order chi connectivity index (χ0) is 59.7. The molecule has 0 amide bonds. The molecule has 4 aliphatic rings. The molecular weight excluding hydrogens is 1100 g/mol. The van der Waals surface area contributed by atoms with Crippen LogP contribution in [0, 0.1) is 0 Å². The Morgan fingerprint density at radius 1 is 0.372 bits per heavy atom. The number of esters is 4. The largest absolute Gasteiger partial charge is 0.497 e. The Labute approximate surface area is 492 Å². The number of hydrogen-bond donors (Lipinski definition) is 2. The van der Waals surface area contributed by atoms with Crippen LogP contribution in [0.25, 0.3) is 66.6 Å². The topological polar surface area (TPSA) is 235 Å². The van der Waals surface area contributed by atoms with Gasteiger partial charge in [0.1, 0.15) is 34.1 Å². The maximum atomic E-state index is 13.9. The van der Waals surface area contributed by atoms with Crippen LogP contribution in [0.4, 0.5) is 0 Å². The van der Waals surface area contributed by atoms with Crippen LogP contribution in [0.1, 0.15) is 99.5 Å². The number of nitrogens with zero attached hydrogens (tertiary/aromatic N) is 6. The summed E-state index contributed by atoms with van der Waals surface area (Å²) in [6.45, 7) is 0.419. The maximum absolute atomic E-state index is 13.9. The van der Waals surface area contributed by atoms with Crippen LogP contribution in [0.3, 0.4) is 0 Å². The predicted molar refractivity (Wildman–Crippen MR) is 317 cm³/mol. The Hall–Kier alpha value is -10.5. The van der Waals surface area contributed by atoms with Crippen molar-refractivity contribution in [3.05, 3.63) is 178 Å². The van der Waals surface area contributed by atoms with Crippen molar-refractivity contribution in [2.45, 2.75) is 49.6 Å². The Kier molecular flexibility index (Phi) is 14.0. The van der Waals surface area contributed by atoms with E-state index in [1.165, 1.54) is 28.4 Å². The molecular formula is C66H58N8O12. The van der Waals surface area contributed by atoms with Crippen molar-refractivity contribution >= 4 is 45.9 Å². The highest BCUT2D eigenvalue weighted by atomic mass is 16.5. The van der Waals surface area contributed by atoms with Gasteiger partial charge in [-0.05, 0) is 108 Å². The van der Waals surface area contributed by atoms with Gasteiger partial charge in [-0.2, -0.15) is 10.2 Å². The van der Waals surface area contributed by atoms with Crippen LogP contribution >= 0.6 is 0 Å². The van der Waals surface area contributed by atoms with Gasteiger partial charge in [-0.3, -0.25) is 19.3 Å². The van der Waals surface area contributed by atoms with Gasteiger partial charge in [0.15, 0.2) is 11.4 Å². The summed E-state index contributed by atoms with van der Waals surface area (Å²) < 4.78 is 47.4. The summed E-state index contributed by atoms with van der Waals surface area (Å²) in [7, 11) is 11.6. The Morgan fingerprint density at radius 3 is 0.895 bits per heavy atom. The van der Waals surface area contributed by atoms with E-state index < -0.39 is 47.5 Å². The van der Waals surface area contributed by atoms with E-state index in [1.54, 1.807) is 37.8 Å². The van der Waals surface area contributed by atoms with E-state index in [-0.39, 0.29) is 48.4 Å². The molecule has 0 aliphatic carbocycles. The molecule has 0 radical (unpaired) electrons. The second-order valence-corrected chi connectivity index (χ2v) is 21.3. The lowest BCUT2D eigenvalue weighted by molar-refractivity contribution is 0.0551. The molecule has 0 unspecified atom stereocenters. The van der Waals surface area contributed by atoms with Crippen LogP contribution in [0.15, 0.2) is 121 Å². The quantitative estimate of drug-likeness (QED) is 0.0855. The molecule has 9 heterocycles. The van der Waals surface area contributed by atoms with E-state index >= 15 is 0 Å². The van der Waals surface area contributed by atoms with Gasteiger partial charge in [-0.15, -0.1) is 0 Å². The molecule has 0 saturated heterocycles. The fraction of sp³-hybridized carbons (Fsp3) is 0.242. The molecule has 9 aromatic rings. The lowest BCUT2D eigenvalue weighted by Crippen LogP contribution is -2.26. The van der Waals surface area contributed by atoms with Crippen molar-refractivity contribution in [3.8, 4) is 67.5 Å². The second kappa shape index (κ2) is 21.9. The number of aromatic nitrogens is 8. The fourth-order valence-electron chi connectivity index (χ4n) is 13.0. The van der Waals surface area contributed by atoms with Crippen LogP contribution in [-0.4, -0.2) is 120 Å². The number of methoxy groups -OCH3 is 8. The standard InChI is InChI=1S/C66H58N8O12/c1-79-37-17-9-33(10-18-37)51-45-25-27-47(67-45)53(35-13-21-39(81-3)22-14-35)60-44-32-74-50(56(64(76)84-6)62(72-74)66(78)86-8)30-42(44)58(70-60)52(34-11-19-38(80-2)20-12-34)46-26-28-48(68-46)54(36-15-23-40(82-4)24-16-36)59-43-31-73-49(29-41(43)57(51)69-59)55(63(75)83-5)61(71-73)65(77)85-7/h9-28,41-44,67-68H,29-32H2,1-8H3/t41-,42-,43+,44+/m0/s1. The van der Waals surface area contributed by atoms with Crippen molar-refractivity contribution in [2.75, 3.05) is 56.9 Å². The first-order chi connectivity index (χ1) is 41.9. The van der Waals surface area contributed by atoms with Gasteiger partial charge in [0, 0.05) is 68.0 Å². The summed E-state index contributed by atoms with van der Waals surface area (Å²) in [4.78, 5) is 74.5. The molecule has 434 valence electrons. The van der Waals surface area contributed by atoms with Gasteiger partial charge in [-0.1, -0.05) is 48.5 Å². The van der Waals surface area contributed by atoms with Gasteiger partial charge in [0.2, 0.25) is 0 Å². The van der Waals surface area contributed by atoms with Gasteiger partial charge in [0.25, 0.3) is 0 Å². The number of rotatable bonds is 12. The predicted octanol–water partition coefficient (Wildman–Crippen LogP) is 10.8. The van der Waals surface area contributed by atoms with E-state index in [9.17, 15) is 19.2 Å². The number of H-pyrrole nitrogens is 2. The summed E-state index contributed by atoms with van der Waals surface area (Å²) in [5.74, 6) is -2.04. The average Bonchev–Trinajstić information content (AvgIpc) is 1.69. The third-order valence-electron chi connectivity index (χ3n) is 17.1. The molecule has 4 aliphatic heterocycles. The van der Waals surface area contributed by atoms with E-state index in [4.69, 9.17) is 58.1 Å². The minimum absolute atomic E-state index is 0.0328. The SMILES string of the molecule is COC(=O)c1nn2c(c1C(=O)OC)C[C@@H]1c3nc(c(-c4ccc(OC)cc4)c4ccc([nH]4)c(-c4ccc(OC)cc4)c4nc(c(-c5ccc(OC)cc5)c5ccc([nH]5)c3-c3ccc(OC)cc3)[C@@H]3Cn5nc(C(=O)OC)c(C(=O)OC)c5C[C@H]43)[C@@H]1C2. The molecule has 0 fully saturated rings. The van der Waals surface area contributed by atoms with Crippen LogP contribution in [0.2, 0.25) is 0 Å². The van der Waals surface area contributed by atoms with E-state index in [0.717, 1.165) is 55.9 Å². The molecule has 4 atom stereocenters. The lowest BCUT2D eigenvalue weighted by Gasteiger charge is -2.29. The summed E-state index contributed by atoms with van der Waals surface area (Å²) in [5.41, 5.74) is 12.9. The molecule has 2 N–H and O–H groups in total. The third-order valence-corrected chi connectivity index (χ3v) is 17.1. The smallest absolute Gasteiger partial charge is 0.359 e. The summed E-state index contributed by atoms with van der Waals surface area (Å²) in [6.07, 6.45) is 0.449. The number of aromatic amines is 2. The monoisotopic (exact) mass is 1150 g/mol. The maximum Gasteiger partial charge on any atom is 0.359 e. The molecule has 86 heavy (non-hydrogen) atoms. The molecule has 0 spiro atoms. The van der Waals surface area contributed by atoms with Crippen molar-refractivity contribution in [1.29, 1.82) is 0 Å². The highest BCUT2D eigenvalue weighted by Gasteiger charge is 2.46. The molecule has 0 saturated carbocycles. The summed E-state index contributed by atoms with van der Waals surface area (Å²) >= 11 is 0. The van der Waals surface area contributed by atoms with Gasteiger partial charge >= 0.3 is 23.9 Å². The van der Waals surface area contributed by atoms with Crippen molar-refractivity contribution in [1.82, 2.24) is 39.5 Å². The Bertz CT molecular complexity index is 4110. The zero-order valence-corrected chi connectivity index (χ0v) is 48.3. The number of carbonyl (C=O) groups excluding carboxylic acids is 4. The second-order valence-electron chi connectivity index (χ2n) is 21.3. The first-order valence-corrected chi connectivity index (χ1v) is 27.8. The normalized spacial score (nSPS) is 16.4. The first-order valence-electron chi connectivity index (χ1n) is 27.8. The van der Waals surface area contributed by atoms with E-state index in [2.05, 4.69) is 9.97 Å². The van der Waals surface area contributed by atoms with Gasteiger partial charge in [0.05, 0.1) is 104 Å². The van der Waals surface area contributed by atoms with Crippen LogP contribution in [-0.2, 0) is 44.9 Å². The number of ether oxygens (including phenoxy) is 8. The molecule has 4 aromatic carbocycles. The molecule has 20 nitrogen and oxygen atoms in total. The fourth-order valence-corrected chi connectivity index (χ4v) is 13.0. The number of hydrogen-bond acceptors (Lipinski definition) is 16. The van der Waals surface area contributed by atoms with Crippen molar-refractivity contribution in [3.63, 3.8) is 0 Å². The van der Waals surface area contributed by atoms with E-state index in [0.29, 0.717) is 67.8 Å². The lowest BCUT2D eigenvalue weighted by atomic mass is 9.79. The Morgan fingerprint density at radius 2 is 0.640 bits per heavy atom. The Balaban J connectivity index is 1.22. The van der Waals surface area contributed by atoms with Gasteiger partial charge < -0.3 is 47.9 Å². The average molecular weight is 1160 g/mol. The highest BCUT2D eigenvalue weighted by molar-refractivity contribution is 6.04. The van der Waals surface area contributed by atoms with Crippen molar-refractivity contribution < 1.29 is 57.1 Å². The zero-order valence-electron chi connectivity index (χ0n) is 48.3. The number of fused-ring (bicyclic) bond motifs is 16. The molecule has 5 aromatic heterocycles. The molecule has 13 rings (SSSR count). The van der Waals surface area contributed by atoms with Crippen LogP contribution < -0.4 is 18.9 Å². The third kappa shape index (κ3) is 8.97. The van der Waals surface area contributed by atoms with Crippen LogP contribution in [0.5, 0.6) is 23.0 Å². The highest BCUT2D eigenvalue weighted by Crippen LogP contribution is 2.54. The van der Waals surface area contributed by atoms with Gasteiger partial charge in [-0.25, -0.2) is 19.2 Å². The summed E-state index contributed by atoms with van der Waals surface area (Å²) in [6, 6.07) is 39.5. The number of benzene rings is 4.